The predicted octanol–water partition coefficient (Wildman–Crippen LogP) is 4.82. The van der Waals surface area contributed by atoms with Gasteiger partial charge in [-0.1, -0.05) is 48.5 Å². The molecule has 0 aliphatic heterocycles. The number of rotatable bonds is 6. The van der Waals surface area contributed by atoms with Crippen LogP contribution in [0.5, 0.6) is 5.75 Å². The van der Waals surface area contributed by atoms with Crippen LogP contribution in [0, 0.1) is 0 Å². The zero-order valence-corrected chi connectivity index (χ0v) is 15.0. The second-order valence-corrected chi connectivity index (χ2v) is 6.19. The van der Waals surface area contributed by atoms with Crippen LogP contribution in [0.2, 0.25) is 0 Å². The van der Waals surface area contributed by atoms with E-state index in [2.05, 4.69) is 10.5 Å². The van der Waals surface area contributed by atoms with Crippen molar-refractivity contribution in [2.75, 3.05) is 5.43 Å². The normalized spacial score (nSPS) is 11.0. The molecule has 0 unspecified atom stereocenters. The minimum Gasteiger partial charge on any atom is -0.489 e. The van der Waals surface area contributed by atoms with Crippen LogP contribution >= 0.6 is 0 Å². The molecule has 1 N–H and O–H groups in total. The first-order valence-corrected chi connectivity index (χ1v) is 8.87. The molecule has 0 aliphatic rings. The lowest BCUT2D eigenvalue weighted by atomic mass is 10.1. The molecule has 0 fully saturated rings. The van der Waals surface area contributed by atoms with E-state index in [0.29, 0.717) is 23.5 Å². The Hall–Kier alpha value is -3.86. The lowest BCUT2D eigenvalue weighted by molar-refractivity contribution is 0.306. The highest BCUT2D eigenvalue weighted by atomic mass is 16.5. The SMILES string of the molecule is O=c1cc(/C=N\Nc2ccccc2)c2ccc(OCc3ccccc3)cc2o1. The third kappa shape index (κ3) is 4.27. The second-order valence-electron chi connectivity index (χ2n) is 6.19. The smallest absolute Gasteiger partial charge is 0.336 e. The fourth-order valence-corrected chi connectivity index (χ4v) is 2.79. The number of para-hydroxylation sites is 1. The molecule has 0 bridgehead atoms. The molecule has 4 rings (SSSR count). The van der Waals surface area contributed by atoms with Crippen molar-refractivity contribution in [2.24, 2.45) is 5.10 Å². The van der Waals surface area contributed by atoms with Crippen molar-refractivity contribution >= 4 is 22.9 Å². The summed E-state index contributed by atoms with van der Waals surface area (Å²) < 4.78 is 11.2. The molecule has 138 valence electrons. The van der Waals surface area contributed by atoms with Crippen molar-refractivity contribution < 1.29 is 9.15 Å². The van der Waals surface area contributed by atoms with Crippen LogP contribution in [-0.2, 0) is 6.61 Å². The van der Waals surface area contributed by atoms with Gasteiger partial charge in [-0.3, -0.25) is 5.43 Å². The van der Waals surface area contributed by atoms with Crippen LogP contribution < -0.4 is 15.8 Å². The highest BCUT2D eigenvalue weighted by Crippen LogP contribution is 2.23. The number of ether oxygens (including phenoxy) is 1. The molecule has 3 aromatic carbocycles. The summed E-state index contributed by atoms with van der Waals surface area (Å²) in [5.74, 6) is 0.635. The second kappa shape index (κ2) is 8.22. The van der Waals surface area contributed by atoms with Crippen molar-refractivity contribution in [1.82, 2.24) is 0 Å². The average molecular weight is 370 g/mol. The van der Waals surface area contributed by atoms with Gasteiger partial charge in [-0.2, -0.15) is 5.10 Å². The number of fused-ring (bicyclic) bond motifs is 1. The summed E-state index contributed by atoms with van der Waals surface area (Å²) in [6.07, 6.45) is 1.61. The predicted molar refractivity (Wildman–Crippen MR) is 111 cm³/mol. The summed E-state index contributed by atoms with van der Waals surface area (Å²) >= 11 is 0. The average Bonchev–Trinajstić information content (AvgIpc) is 2.73. The maximum atomic E-state index is 11.9. The van der Waals surface area contributed by atoms with Crippen molar-refractivity contribution in [2.45, 2.75) is 6.61 Å². The fraction of sp³-hybridized carbons (Fsp3) is 0.0435. The van der Waals surface area contributed by atoms with Crippen LogP contribution in [0.4, 0.5) is 5.69 Å². The van der Waals surface area contributed by atoms with E-state index in [1.165, 1.54) is 6.07 Å². The van der Waals surface area contributed by atoms with Crippen molar-refractivity contribution in [3.05, 3.63) is 106 Å². The van der Waals surface area contributed by atoms with Crippen LogP contribution in [0.3, 0.4) is 0 Å². The van der Waals surface area contributed by atoms with Gasteiger partial charge in [0, 0.05) is 23.1 Å². The molecule has 0 saturated heterocycles. The van der Waals surface area contributed by atoms with Crippen molar-refractivity contribution in [1.29, 1.82) is 0 Å². The molecule has 0 amide bonds. The van der Waals surface area contributed by atoms with Gasteiger partial charge in [0.05, 0.1) is 11.9 Å². The highest BCUT2D eigenvalue weighted by Gasteiger charge is 2.06. The zero-order valence-electron chi connectivity index (χ0n) is 15.0. The van der Waals surface area contributed by atoms with Crippen LogP contribution in [0.1, 0.15) is 11.1 Å². The molecule has 5 nitrogen and oxygen atoms in total. The molecule has 0 saturated carbocycles. The first-order chi connectivity index (χ1) is 13.8. The minimum absolute atomic E-state index is 0.436. The van der Waals surface area contributed by atoms with Gasteiger partial charge >= 0.3 is 5.63 Å². The summed E-state index contributed by atoms with van der Waals surface area (Å²) in [5.41, 5.74) is 5.56. The molecule has 28 heavy (non-hydrogen) atoms. The Morgan fingerprint density at radius 2 is 1.68 bits per heavy atom. The van der Waals surface area contributed by atoms with E-state index in [9.17, 15) is 4.79 Å². The fourth-order valence-electron chi connectivity index (χ4n) is 2.79. The molecule has 5 heteroatoms. The number of hydrazone groups is 1. The maximum Gasteiger partial charge on any atom is 0.336 e. The van der Waals surface area contributed by atoms with E-state index in [0.717, 1.165) is 16.6 Å². The molecule has 0 atom stereocenters. The van der Waals surface area contributed by atoms with E-state index in [4.69, 9.17) is 9.15 Å². The zero-order chi connectivity index (χ0) is 19.2. The first kappa shape index (κ1) is 17.5. The molecule has 4 aromatic rings. The Morgan fingerprint density at radius 1 is 0.929 bits per heavy atom. The molecule has 0 aliphatic carbocycles. The van der Waals surface area contributed by atoms with Gasteiger partial charge in [0.2, 0.25) is 0 Å². The Balaban J connectivity index is 1.55. The maximum absolute atomic E-state index is 11.9. The van der Waals surface area contributed by atoms with Crippen LogP contribution in [0.25, 0.3) is 11.0 Å². The summed E-state index contributed by atoms with van der Waals surface area (Å²) in [7, 11) is 0. The number of nitrogens with zero attached hydrogens (tertiary/aromatic N) is 1. The van der Waals surface area contributed by atoms with Gasteiger partial charge in [0.15, 0.2) is 0 Å². The Labute approximate surface area is 161 Å². The van der Waals surface area contributed by atoms with Gasteiger partial charge in [-0.15, -0.1) is 0 Å². The quantitative estimate of drug-likeness (QED) is 0.300. The van der Waals surface area contributed by atoms with Gasteiger partial charge in [0.25, 0.3) is 0 Å². The summed E-state index contributed by atoms with van der Waals surface area (Å²) in [6.45, 7) is 0.443. The Bertz CT molecular complexity index is 1150. The largest absolute Gasteiger partial charge is 0.489 e. The van der Waals surface area contributed by atoms with E-state index in [1.54, 1.807) is 12.3 Å². The number of hydrogen-bond acceptors (Lipinski definition) is 5. The van der Waals surface area contributed by atoms with Gasteiger partial charge < -0.3 is 9.15 Å². The lowest BCUT2D eigenvalue weighted by Gasteiger charge is -2.08. The van der Waals surface area contributed by atoms with Crippen LogP contribution in [0.15, 0.2) is 99.2 Å². The van der Waals surface area contributed by atoms with Crippen molar-refractivity contribution in [3.63, 3.8) is 0 Å². The third-order valence-electron chi connectivity index (χ3n) is 4.17. The standard InChI is InChI=1S/C23H18N2O3/c26-23-13-18(15-24-25-19-9-5-2-6-10-19)21-12-11-20(14-22(21)28-23)27-16-17-7-3-1-4-8-17/h1-15,25H,16H2/b24-15-. The van der Waals surface area contributed by atoms with Crippen molar-refractivity contribution in [3.8, 4) is 5.75 Å². The molecule has 0 spiro atoms. The molecule has 1 aromatic heterocycles. The highest BCUT2D eigenvalue weighted by molar-refractivity contribution is 5.97. The van der Waals surface area contributed by atoms with E-state index >= 15 is 0 Å². The first-order valence-electron chi connectivity index (χ1n) is 8.87. The monoisotopic (exact) mass is 370 g/mol. The number of hydrogen-bond donors (Lipinski definition) is 1. The number of nitrogens with one attached hydrogen (secondary N) is 1. The molecule has 0 radical (unpaired) electrons. The molecule has 1 heterocycles. The summed E-state index contributed by atoms with van der Waals surface area (Å²) in [6, 6.07) is 26.3. The topological polar surface area (TPSA) is 63.8 Å². The lowest BCUT2D eigenvalue weighted by Crippen LogP contribution is -2.02. The Kier molecular flexibility index (Phi) is 5.15. The summed E-state index contributed by atoms with van der Waals surface area (Å²) in [4.78, 5) is 11.9. The van der Waals surface area contributed by atoms with E-state index < -0.39 is 5.63 Å². The van der Waals surface area contributed by atoms with Gasteiger partial charge in [-0.05, 0) is 29.8 Å². The van der Waals surface area contributed by atoms with E-state index in [-0.39, 0.29) is 0 Å². The molecular weight excluding hydrogens is 352 g/mol. The van der Waals surface area contributed by atoms with Gasteiger partial charge in [0.1, 0.15) is 17.9 Å². The third-order valence-corrected chi connectivity index (χ3v) is 4.17. The number of benzene rings is 3. The number of anilines is 1. The van der Waals surface area contributed by atoms with E-state index in [1.807, 2.05) is 72.8 Å². The van der Waals surface area contributed by atoms with Crippen LogP contribution in [-0.4, -0.2) is 6.21 Å². The van der Waals surface area contributed by atoms with Gasteiger partial charge in [-0.25, -0.2) is 4.79 Å². The Morgan fingerprint density at radius 3 is 2.46 bits per heavy atom. The molecular formula is C23H18N2O3. The summed E-state index contributed by atoms with van der Waals surface area (Å²) in [5, 5.41) is 5.00. The minimum atomic E-state index is -0.436.